The number of anilines is 1. The molecule has 4 rings (SSSR count). The number of rotatable bonds is 4. The molecular weight excluding hydrogens is 342 g/mol. The summed E-state index contributed by atoms with van der Waals surface area (Å²) in [6, 6.07) is 9.84. The molecule has 7 nitrogen and oxygen atoms in total. The normalized spacial score (nSPS) is 14.8. The van der Waals surface area contributed by atoms with Crippen LogP contribution >= 0.6 is 0 Å². The number of carbonyl (C=O) groups is 1. The number of piperazine rings is 1. The smallest absolute Gasteiger partial charge is 0.270 e. The minimum Gasteiger partial charge on any atom is -0.472 e. The van der Waals surface area contributed by atoms with Gasteiger partial charge in [-0.05, 0) is 26.0 Å². The van der Waals surface area contributed by atoms with Crippen LogP contribution < -0.4 is 9.64 Å². The molecule has 3 aromatic rings. The van der Waals surface area contributed by atoms with Crippen molar-refractivity contribution in [1.82, 2.24) is 19.9 Å². The highest BCUT2D eigenvalue weighted by atomic mass is 16.5. The van der Waals surface area contributed by atoms with Gasteiger partial charge in [0.05, 0.1) is 6.10 Å². The van der Waals surface area contributed by atoms with Crippen LogP contribution in [0.4, 0.5) is 5.82 Å². The van der Waals surface area contributed by atoms with Gasteiger partial charge in [-0.2, -0.15) is 0 Å². The van der Waals surface area contributed by atoms with Gasteiger partial charge < -0.3 is 19.5 Å². The number of para-hydroxylation sites is 1. The van der Waals surface area contributed by atoms with Gasteiger partial charge in [0, 0.05) is 49.5 Å². The summed E-state index contributed by atoms with van der Waals surface area (Å²) in [5.41, 5.74) is 1.61. The van der Waals surface area contributed by atoms with Crippen LogP contribution in [0.25, 0.3) is 10.9 Å². The molecular formula is C20H23N5O2. The number of aromatic nitrogens is 3. The van der Waals surface area contributed by atoms with E-state index in [1.54, 1.807) is 12.4 Å². The summed E-state index contributed by atoms with van der Waals surface area (Å²) in [5, 5.41) is 1.05. The topological polar surface area (TPSA) is 74.4 Å². The van der Waals surface area contributed by atoms with Gasteiger partial charge in [-0.1, -0.05) is 18.2 Å². The Kier molecular flexibility index (Phi) is 4.66. The zero-order chi connectivity index (χ0) is 18.8. The number of amides is 1. The van der Waals surface area contributed by atoms with Crippen molar-refractivity contribution < 1.29 is 9.53 Å². The van der Waals surface area contributed by atoms with Gasteiger partial charge in [0.25, 0.3) is 11.8 Å². The average molecular weight is 365 g/mol. The number of hydrogen-bond donors (Lipinski definition) is 1. The van der Waals surface area contributed by atoms with Crippen LogP contribution in [0, 0.1) is 0 Å². The van der Waals surface area contributed by atoms with Gasteiger partial charge in [0.15, 0.2) is 5.82 Å². The molecule has 1 N–H and O–H groups in total. The highest BCUT2D eigenvalue weighted by Crippen LogP contribution is 2.25. The third kappa shape index (κ3) is 3.58. The maximum Gasteiger partial charge on any atom is 0.270 e. The molecule has 0 radical (unpaired) electrons. The van der Waals surface area contributed by atoms with Crippen LogP contribution in [0.5, 0.6) is 5.88 Å². The predicted molar refractivity (Wildman–Crippen MR) is 104 cm³/mol. The number of carbonyl (C=O) groups excluding carboxylic acids is 1. The Bertz CT molecular complexity index is 911. The SMILES string of the molecule is CC(C)Oc1nccnc1N1CCN(C(=O)c2cc3ccccc3[nH]2)CC1. The summed E-state index contributed by atoms with van der Waals surface area (Å²) >= 11 is 0. The summed E-state index contributed by atoms with van der Waals surface area (Å²) in [5.74, 6) is 1.32. The first-order valence-electron chi connectivity index (χ1n) is 9.21. The van der Waals surface area contributed by atoms with Gasteiger partial charge in [0.1, 0.15) is 5.69 Å². The largest absolute Gasteiger partial charge is 0.472 e. The number of ether oxygens (including phenoxy) is 1. The van der Waals surface area contributed by atoms with E-state index < -0.39 is 0 Å². The molecule has 1 aromatic carbocycles. The molecule has 1 saturated heterocycles. The third-order valence-corrected chi connectivity index (χ3v) is 4.62. The maximum atomic E-state index is 12.8. The van der Waals surface area contributed by atoms with E-state index in [0.29, 0.717) is 37.8 Å². The second kappa shape index (κ2) is 7.26. The second-order valence-electron chi connectivity index (χ2n) is 6.90. The standard InChI is InChI=1S/C20H23N5O2/c1-14(2)27-19-18(21-7-8-22-19)24-9-11-25(12-10-24)20(26)17-13-15-5-3-4-6-16(15)23-17/h3-8,13-14,23H,9-12H2,1-2H3. The first-order chi connectivity index (χ1) is 13.1. The van der Waals surface area contributed by atoms with Crippen LogP contribution in [0.3, 0.4) is 0 Å². The van der Waals surface area contributed by atoms with Crippen LogP contribution in [0.15, 0.2) is 42.7 Å². The molecule has 140 valence electrons. The summed E-state index contributed by atoms with van der Waals surface area (Å²) in [6.07, 6.45) is 3.34. The van der Waals surface area contributed by atoms with Crippen molar-refractivity contribution in [3.63, 3.8) is 0 Å². The molecule has 3 heterocycles. The van der Waals surface area contributed by atoms with E-state index in [1.807, 2.05) is 49.1 Å². The first kappa shape index (κ1) is 17.3. The van der Waals surface area contributed by atoms with Crippen molar-refractivity contribution >= 4 is 22.6 Å². The molecule has 0 bridgehead atoms. The van der Waals surface area contributed by atoms with Crippen LogP contribution in [-0.4, -0.2) is 58.0 Å². The van der Waals surface area contributed by atoms with Crippen molar-refractivity contribution in [2.75, 3.05) is 31.1 Å². The average Bonchev–Trinajstić information content (AvgIpc) is 3.12. The fourth-order valence-electron chi connectivity index (χ4n) is 3.32. The van der Waals surface area contributed by atoms with Crippen molar-refractivity contribution in [3.8, 4) is 5.88 Å². The molecule has 7 heteroatoms. The maximum absolute atomic E-state index is 12.8. The summed E-state index contributed by atoms with van der Waals surface area (Å²) in [7, 11) is 0. The van der Waals surface area contributed by atoms with Gasteiger partial charge in [0.2, 0.25) is 0 Å². The number of aromatic amines is 1. The first-order valence-corrected chi connectivity index (χ1v) is 9.21. The van der Waals surface area contributed by atoms with Gasteiger partial charge in [-0.15, -0.1) is 0 Å². The number of fused-ring (bicyclic) bond motifs is 1. The van der Waals surface area contributed by atoms with E-state index in [4.69, 9.17) is 4.74 Å². The molecule has 1 aliphatic rings. The van der Waals surface area contributed by atoms with Gasteiger partial charge >= 0.3 is 0 Å². The monoisotopic (exact) mass is 365 g/mol. The second-order valence-corrected chi connectivity index (χ2v) is 6.90. The Morgan fingerprint density at radius 1 is 1.11 bits per heavy atom. The lowest BCUT2D eigenvalue weighted by Crippen LogP contribution is -2.49. The number of hydrogen-bond acceptors (Lipinski definition) is 5. The molecule has 27 heavy (non-hydrogen) atoms. The number of nitrogens with one attached hydrogen (secondary N) is 1. The van der Waals surface area contributed by atoms with E-state index in [-0.39, 0.29) is 12.0 Å². The van der Waals surface area contributed by atoms with Crippen molar-refractivity contribution in [1.29, 1.82) is 0 Å². The lowest BCUT2D eigenvalue weighted by Gasteiger charge is -2.35. The molecule has 0 saturated carbocycles. The van der Waals surface area contributed by atoms with Gasteiger partial charge in [-0.3, -0.25) is 4.79 Å². The fourth-order valence-corrected chi connectivity index (χ4v) is 3.32. The van der Waals surface area contributed by atoms with Crippen LogP contribution in [0.2, 0.25) is 0 Å². The highest BCUT2D eigenvalue weighted by molar-refractivity contribution is 5.98. The molecule has 1 fully saturated rings. The lowest BCUT2D eigenvalue weighted by atomic mass is 10.2. The van der Waals surface area contributed by atoms with E-state index >= 15 is 0 Å². The molecule has 0 atom stereocenters. The van der Waals surface area contributed by atoms with Gasteiger partial charge in [-0.25, -0.2) is 9.97 Å². The van der Waals surface area contributed by atoms with Crippen molar-refractivity contribution in [2.45, 2.75) is 20.0 Å². The summed E-state index contributed by atoms with van der Waals surface area (Å²) in [4.78, 5) is 28.8. The Hall–Kier alpha value is -3.09. The molecule has 2 aromatic heterocycles. The fraction of sp³-hybridized carbons (Fsp3) is 0.350. The minimum absolute atomic E-state index is 0.0312. The van der Waals surface area contributed by atoms with E-state index in [0.717, 1.165) is 16.7 Å². The highest BCUT2D eigenvalue weighted by Gasteiger charge is 2.26. The quantitative estimate of drug-likeness (QED) is 0.769. The molecule has 0 unspecified atom stereocenters. The van der Waals surface area contributed by atoms with E-state index in [9.17, 15) is 4.79 Å². The Balaban J connectivity index is 1.45. The third-order valence-electron chi connectivity index (χ3n) is 4.62. The Morgan fingerprint density at radius 2 is 1.85 bits per heavy atom. The van der Waals surface area contributed by atoms with E-state index in [2.05, 4.69) is 19.9 Å². The predicted octanol–water partition coefficient (Wildman–Crippen LogP) is 2.71. The Labute approximate surface area is 158 Å². The lowest BCUT2D eigenvalue weighted by molar-refractivity contribution is 0.0741. The van der Waals surface area contributed by atoms with Crippen molar-refractivity contribution in [2.24, 2.45) is 0 Å². The zero-order valence-corrected chi connectivity index (χ0v) is 15.6. The number of H-pyrrole nitrogens is 1. The Morgan fingerprint density at radius 3 is 2.59 bits per heavy atom. The molecule has 1 aliphatic heterocycles. The number of nitrogens with zero attached hydrogens (tertiary/aromatic N) is 4. The van der Waals surface area contributed by atoms with Crippen molar-refractivity contribution in [3.05, 3.63) is 48.4 Å². The molecule has 0 spiro atoms. The summed E-state index contributed by atoms with van der Waals surface area (Å²) < 4.78 is 5.78. The molecule has 0 aliphatic carbocycles. The van der Waals surface area contributed by atoms with Crippen LogP contribution in [-0.2, 0) is 0 Å². The minimum atomic E-state index is 0.0312. The summed E-state index contributed by atoms with van der Waals surface area (Å²) in [6.45, 7) is 6.58. The van der Waals surface area contributed by atoms with E-state index in [1.165, 1.54) is 0 Å². The van der Waals surface area contributed by atoms with Crippen LogP contribution in [0.1, 0.15) is 24.3 Å². The zero-order valence-electron chi connectivity index (χ0n) is 15.6. The number of benzene rings is 1. The molecule has 1 amide bonds.